The first kappa shape index (κ1) is 19.7. The number of hydrogen-bond acceptors (Lipinski definition) is 4. The highest BCUT2D eigenvalue weighted by atomic mass is 79.9. The summed E-state index contributed by atoms with van der Waals surface area (Å²) in [7, 11) is 0. The minimum absolute atomic E-state index is 0.166. The van der Waals surface area contributed by atoms with Gasteiger partial charge >= 0.3 is 0 Å². The molecular weight excluding hydrogens is 398 g/mol. The van der Waals surface area contributed by atoms with Crippen molar-refractivity contribution < 1.29 is 14.3 Å². The number of ether oxygens (including phenoxy) is 1. The fourth-order valence-electron chi connectivity index (χ4n) is 1.98. The maximum atomic E-state index is 12.0. The van der Waals surface area contributed by atoms with E-state index in [0.29, 0.717) is 17.9 Å². The lowest BCUT2D eigenvalue weighted by atomic mass is 10.2. The minimum atomic E-state index is -0.412. The van der Waals surface area contributed by atoms with Crippen molar-refractivity contribution >= 4 is 34.0 Å². The van der Waals surface area contributed by atoms with E-state index in [4.69, 9.17) is 4.74 Å². The van der Waals surface area contributed by atoms with Gasteiger partial charge in [0.05, 0.1) is 19.4 Å². The van der Waals surface area contributed by atoms with Crippen molar-refractivity contribution in [1.29, 1.82) is 0 Å². The van der Waals surface area contributed by atoms with Gasteiger partial charge in [0.25, 0.3) is 11.8 Å². The van der Waals surface area contributed by atoms with Crippen LogP contribution in [0.25, 0.3) is 0 Å². The van der Waals surface area contributed by atoms with Gasteiger partial charge in [-0.15, -0.1) is 0 Å². The monoisotopic (exact) mass is 417 g/mol. The molecule has 0 aliphatic rings. The number of nitrogens with zero attached hydrogens (tertiary/aromatic N) is 1. The third-order valence-corrected chi connectivity index (χ3v) is 4.02. The third-order valence-electron chi connectivity index (χ3n) is 3.30. The summed E-state index contributed by atoms with van der Waals surface area (Å²) in [6.45, 7) is 2.49. The summed E-state index contributed by atoms with van der Waals surface area (Å²) in [5, 5.41) is 6.42. The van der Waals surface area contributed by atoms with Crippen LogP contribution in [0.2, 0.25) is 0 Å². The number of carbonyl (C=O) groups excluding carboxylic acids is 2. The Kier molecular flexibility index (Phi) is 7.82. The molecular formula is C19H20BrN3O3. The minimum Gasteiger partial charge on any atom is -0.494 e. The highest BCUT2D eigenvalue weighted by Crippen LogP contribution is 2.13. The first-order valence-corrected chi connectivity index (χ1v) is 8.97. The van der Waals surface area contributed by atoms with Crippen molar-refractivity contribution in [3.63, 3.8) is 0 Å². The Balaban J connectivity index is 1.77. The molecule has 2 rings (SSSR count). The molecule has 7 heteroatoms. The van der Waals surface area contributed by atoms with Crippen LogP contribution in [-0.4, -0.2) is 31.2 Å². The van der Waals surface area contributed by atoms with Gasteiger partial charge in [-0.3, -0.25) is 9.59 Å². The third kappa shape index (κ3) is 6.33. The van der Waals surface area contributed by atoms with Gasteiger partial charge in [0.1, 0.15) is 5.75 Å². The molecule has 0 bridgehead atoms. The Hall–Kier alpha value is -2.67. The van der Waals surface area contributed by atoms with Crippen molar-refractivity contribution in [2.45, 2.75) is 13.3 Å². The Morgan fingerprint density at radius 3 is 2.58 bits per heavy atom. The first-order valence-electron chi connectivity index (χ1n) is 8.17. The Morgan fingerprint density at radius 1 is 1.15 bits per heavy atom. The second-order valence-corrected chi connectivity index (χ2v) is 6.22. The van der Waals surface area contributed by atoms with E-state index >= 15 is 0 Å². The maximum Gasteiger partial charge on any atom is 0.259 e. The van der Waals surface area contributed by atoms with E-state index < -0.39 is 5.91 Å². The van der Waals surface area contributed by atoms with Crippen LogP contribution < -0.4 is 15.5 Å². The molecule has 2 amide bonds. The van der Waals surface area contributed by atoms with Crippen LogP contribution in [0.1, 0.15) is 29.3 Å². The molecule has 0 aliphatic heterocycles. The largest absolute Gasteiger partial charge is 0.494 e. The summed E-state index contributed by atoms with van der Waals surface area (Å²) < 4.78 is 6.34. The molecule has 6 nitrogen and oxygen atoms in total. The van der Waals surface area contributed by atoms with Crippen molar-refractivity contribution in [3.05, 3.63) is 64.1 Å². The van der Waals surface area contributed by atoms with Crippen molar-refractivity contribution in [3.8, 4) is 5.75 Å². The lowest BCUT2D eigenvalue weighted by Crippen LogP contribution is -2.34. The fraction of sp³-hybridized carbons (Fsp3) is 0.211. The summed E-state index contributed by atoms with van der Waals surface area (Å²) in [5.41, 5.74) is 3.66. The Labute approximate surface area is 160 Å². The van der Waals surface area contributed by atoms with Crippen LogP contribution in [0.5, 0.6) is 5.75 Å². The zero-order valence-electron chi connectivity index (χ0n) is 14.4. The van der Waals surface area contributed by atoms with Crippen molar-refractivity contribution in [1.82, 2.24) is 10.7 Å². The molecule has 0 fully saturated rings. The lowest BCUT2D eigenvalue weighted by Gasteiger charge is -2.07. The fourth-order valence-corrected chi connectivity index (χ4v) is 2.37. The van der Waals surface area contributed by atoms with Crippen molar-refractivity contribution in [2.24, 2.45) is 5.10 Å². The number of amides is 2. The molecule has 0 spiro atoms. The van der Waals surface area contributed by atoms with Crippen LogP contribution in [0.3, 0.4) is 0 Å². The van der Waals surface area contributed by atoms with E-state index in [0.717, 1.165) is 16.5 Å². The van der Waals surface area contributed by atoms with Gasteiger partial charge in [-0.25, -0.2) is 5.43 Å². The molecule has 0 unspecified atom stereocenters. The average Bonchev–Trinajstić information content (AvgIpc) is 2.66. The number of nitrogens with one attached hydrogen (secondary N) is 2. The van der Waals surface area contributed by atoms with Crippen LogP contribution in [0.4, 0.5) is 0 Å². The second kappa shape index (κ2) is 10.4. The number of rotatable bonds is 8. The van der Waals surface area contributed by atoms with Gasteiger partial charge in [0, 0.05) is 15.6 Å². The molecule has 0 radical (unpaired) electrons. The zero-order valence-corrected chi connectivity index (χ0v) is 16.0. The van der Waals surface area contributed by atoms with E-state index in [1.807, 2.05) is 31.2 Å². The van der Waals surface area contributed by atoms with Gasteiger partial charge in [-0.2, -0.15) is 5.10 Å². The first-order chi connectivity index (χ1) is 12.6. The molecule has 2 aromatic rings. The van der Waals surface area contributed by atoms with E-state index in [9.17, 15) is 9.59 Å². The van der Waals surface area contributed by atoms with E-state index in [2.05, 4.69) is 31.8 Å². The van der Waals surface area contributed by atoms with Gasteiger partial charge in [0.2, 0.25) is 0 Å². The Morgan fingerprint density at radius 2 is 1.88 bits per heavy atom. The molecule has 2 N–H and O–H groups in total. The van der Waals surface area contributed by atoms with Crippen LogP contribution >= 0.6 is 15.9 Å². The molecule has 0 saturated carbocycles. The molecule has 0 atom stereocenters. The molecule has 26 heavy (non-hydrogen) atoms. The number of hydrogen-bond donors (Lipinski definition) is 2. The van der Waals surface area contributed by atoms with Crippen LogP contribution in [0, 0.1) is 0 Å². The smallest absolute Gasteiger partial charge is 0.259 e. The van der Waals surface area contributed by atoms with Gasteiger partial charge < -0.3 is 10.1 Å². The molecule has 0 aliphatic carbocycles. The SMILES string of the molecule is CCCOc1ccc(C(=O)NCC(=O)N/N=C\c2ccccc2Br)cc1. The maximum absolute atomic E-state index is 12.0. The highest BCUT2D eigenvalue weighted by molar-refractivity contribution is 9.10. The normalized spacial score (nSPS) is 10.5. The standard InChI is InChI=1S/C19H20BrN3O3/c1-2-11-26-16-9-7-14(8-10-16)19(25)21-13-18(24)23-22-12-15-5-3-4-6-17(15)20/h3-10,12H,2,11,13H2,1H3,(H,21,25)(H,23,24)/b22-12-. The predicted molar refractivity (Wildman–Crippen MR) is 104 cm³/mol. The number of benzene rings is 2. The lowest BCUT2D eigenvalue weighted by molar-refractivity contribution is -0.120. The summed E-state index contributed by atoms with van der Waals surface area (Å²) in [6.07, 6.45) is 2.44. The van der Waals surface area contributed by atoms with Gasteiger partial charge in [0.15, 0.2) is 0 Å². The zero-order chi connectivity index (χ0) is 18.8. The average molecular weight is 418 g/mol. The highest BCUT2D eigenvalue weighted by Gasteiger charge is 2.08. The quantitative estimate of drug-likeness (QED) is 0.511. The topological polar surface area (TPSA) is 79.8 Å². The summed E-state index contributed by atoms with van der Waals surface area (Å²) in [6, 6.07) is 14.3. The Bertz CT molecular complexity index is 776. The summed E-state index contributed by atoms with van der Waals surface area (Å²) in [4.78, 5) is 23.8. The van der Waals surface area contributed by atoms with Crippen LogP contribution in [0.15, 0.2) is 58.1 Å². The molecule has 136 valence electrons. The van der Waals surface area contributed by atoms with Crippen molar-refractivity contribution in [2.75, 3.05) is 13.2 Å². The van der Waals surface area contributed by atoms with Crippen LogP contribution in [-0.2, 0) is 4.79 Å². The number of hydrazone groups is 1. The van der Waals surface area contributed by atoms with E-state index in [-0.39, 0.29) is 12.5 Å². The molecule has 2 aromatic carbocycles. The number of halogens is 1. The summed E-state index contributed by atoms with van der Waals surface area (Å²) >= 11 is 3.39. The van der Waals surface area contributed by atoms with Gasteiger partial charge in [-0.1, -0.05) is 41.1 Å². The van der Waals surface area contributed by atoms with E-state index in [1.165, 1.54) is 6.21 Å². The molecule has 0 saturated heterocycles. The summed E-state index contributed by atoms with van der Waals surface area (Å²) in [5.74, 6) is -0.0379. The predicted octanol–water partition coefficient (Wildman–Crippen LogP) is 3.12. The second-order valence-electron chi connectivity index (χ2n) is 5.37. The molecule has 0 heterocycles. The van der Waals surface area contributed by atoms with Gasteiger partial charge in [-0.05, 0) is 36.8 Å². The van der Waals surface area contributed by atoms with E-state index in [1.54, 1.807) is 24.3 Å². The number of carbonyl (C=O) groups is 2. The molecule has 0 aromatic heterocycles.